The van der Waals surface area contributed by atoms with Gasteiger partial charge in [0, 0.05) is 19.3 Å². The van der Waals surface area contributed by atoms with Crippen LogP contribution in [0.5, 0.6) is 0 Å². The first-order valence-corrected chi connectivity index (χ1v) is 9.78. The molecular weight excluding hydrogens is 332 g/mol. The van der Waals surface area contributed by atoms with Crippen LogP contribution < -0.4 is 0 Å². The highest BCUT2D eigenvalue weighted by Gasteiger charge is 2.41. The summed E-state index contributed by atoms with van der Waals surface area (Å²) in [4.78, 5) is 23.2. The minimum absolute atomic E-state index is 0.0978. The second-order valence-electron chi connectivity index (χ2n) is 8.22. The van der Waals surface area contributed by atoms with Crippen LogP contribution in [0.2, 0.25) is 0 Å². The average molecular weight is 362 g/mol. The second kappa shape index (κ2) is 7.95. The van der Waals surface area contributed by atoms with Gasteiger partial charge in [0.25, 0.3) is 0 Å². The Hall–Kier alpha value is -1.62. The second-order valence-corrected chi connectivity index (χ2v) is 8.22. The molecule has 1 heterocycles. The highest BCUT2D eigenvalue weighted by molar-refractivity contribution is 5.71. The Morgan fingerprint density at radius 2 is 2.08 bits per heavy atom. The molecule has 5 nitrogen and oxygen atoms in total. The van der Waals surface area contributed by atoms with E-state index in [0.717, 1.165) is 19.3 Å². The lowest BCUT2D eigenvalue weighted by molar-refractivity contribution is -0.161. The predicted molar refractivity (Wildman–Crippen MR) is 97.1 cm³/mol. The largest absolute Gasteiger partial charge is 0.462 e. The van der Waals surface area contributed by atoms with Crippen LogP contribution in [0.3, 0.4) is 0 Å². The van der Waals surface area contributed by atoms with Crippen LogP contribution in [0.25, 0.3) is 0 Å². The van der Waals surface area contributed by atoms with Crippen LogP contribution in [0.1, 0.15) is 52.9 Å². The van der Waals surface area contributed by atoms with E-state index in [4.69, 9.17) is 9.47 Å². The van der Waals surface area contributed by atoms with Crippen molar-refractivity contribution in [1.29, 1.82) is 0 Å². The van der Waals surface area contributed by atoms with Gasteiger partial charge in [-0.05, 0) is 42.6 Å². The molecule has 0 radical (unpaired) electrons. The van der Waals surface area contributed by atoms with Crippen molar-refractivity contribution >= 4 is 11.9 Å². The van der Waals surface area contributed by atoms with Gasteiger partial charge < -0.3 is 14.6 Å². The monoisotopic (exact) mass is 362 g/mol. The molecule has 2 aliphatic carbocycles. The first-order valence-electron chi connectivity index (χ1n) is 9.78. The summed E-state index contributed by atoms with van der Waals surface area (Å²) in [5.74, 6) is 0.746. The number of ether oxygens (including phenoxy) is 2. The van der Waals surface area contributed by atoms with Crippen molar-refractivity contribution in [3.05, 3.63) is 23.8 Å². The molecule has 1 aliphatic heterocycles. The van der Waals surface area contributed by atoms with E-state index in [1.807, 2.05) is 0 Å². The van der Waals surface area contributed by atoms with E-state index in [2.05, 4.69) is 32.1 Å². The third-order valence-corrected chi connectivity index (χ3v) is 5.97. The minimum atomic E-state index is -0.593. The summed E-state index contributed by atoms with van der Waals surface area (Å²) in [6.45, 7) is 5.83. The van der Waals surface area contributed by atoms with E-state index in [1.165, 1.54) is 12.5 Å². The zero-order valence-corrected chi connectivity index (χ0v) is 15.9. The minimum Gasteiger partial charge on any atom is -0.462 e. The van der Waals surface area contributed by atoms with Crippen LogP contribution in [0.4, 0.5) is 0 Å². The number of allylic oxidation sites excluding steroid dienone is 3. The van der Waals surface area contributed by atoms with Gasteiger partial charge in [-0.3, -0.25) is 9.59 Å². The molecular formula is C21H30O5. The molecule has 1 saturated heterocycles. The Bertz CT molecular complexity index is 608. The Labute approximate surface area is 155 Å². The van der Waals surface area contributed by atoms with Gasteiger partial charge >= 0.3 is 11.9 Å². The number of hydrogen-bond donors (Lipinski definition) is 1. The van der Waals surface area contributed by atoms with E-state index in [-0.39, 0.29) is 36.5 Å². The van der Waals surface area contributed by atoms with E-state index in [9.17, 15) is 14.7 Å². The molecule has 1 fully saturated rings. The van der Waals surface area contributed by atoms with Gasteiger partial charge in [0.1, 0.15) is 12.2 Å². The quantitative estimate of drug-likeness (QED) is 0.778. The maximum Gasteiger partial charge on any atom is 0.308 e. The third kappa shape index (κ3) is 4.37. The molecule has 26 heavy (non-hydrogen) atoms. The number of rotatable bonds is 4. The molecule has 0 aromatic heterocycles. The topological polar surface area (TPSA) is 72.8 Å². The lowest BCUT2D eigenvalue weighted by atomic mass is 9.65. The van der Waals surface area contributed by atoms with Crippen LogP contribution in [0, 0.1) is 23.7 Å². The maximum absolute atomic E-state index is 11.6. The number of aliphatic hydroxyl groups excluding tert-OH is 1. The summed E-state index contributed by atoms with van der Waals surface area (Å²) in [6.07, 6.45) is 8.88. The molecule has 144 valence electrons. The fraction of sp³-hybridized carbons (Fsp3) is 0.714. The van der Waals surface area contributed by atoms with Gasteiger partial charge in [0.2, 0.25) is 0 Å². The number of cyclic esters (lactones) is 1. The van der Waals surface area contributed by atoms with Crippen molar-refractivity contribution in [2.45, 2.75) is 71.2 Å². The maximum atomic E-state index is 11.6. The molecule has 1 unspecified atom stereocenters. The van der Waals surface area contributed by atoms with Gasteiger partial charge in [-0.15, -0.1) is 0 Å². The standard InChI is InChI=1S/C21H30O5/c1-12-8-15-5-4-13(2)18(21(15)19(9-12)25-14(3)22)7-6-17-10-16(23)11-20(24)26-17/h4-5,8,12-13,16-19,21,23H,6-7,9-11H2,1-3H3/t12-,13-,16+,17+,18-,19-,21?/m0/s1. The zero-order chi connectivity index (χ0) is 18.8. The van der Waals surface area contributed by atoms with E-state index in [1.54, 1.807) is 0 Å². The van der Waals surface area contributed by atoms with Gasteiger partial charge in [-0.2, -0.15) is 0 Å². The van der Waals surface area contributed by atoms with Gasteiger partial charge in [-0.1, -0.05) is 32.1 Å². The van der Waals surface area contributed by atoms with Crippen molar-refractivity contribution < 1.29 is 24.2 Å². The van der Waals surface area contributed by atoms with E-state index < -0.39 is 6.10 Å². The van der Waals surface area contributed by atoms with Crippen molar-refractivity contribution in [2.75, 3.05) is 0 Å². The molecule has 0 saturated carbocycles. The number of carbonyl (C=O) groups is 2. The molecule has 7 atom stereocenters. The number of hydrogen-bond acceptors (Lipinski definition) is 5. The fourth-order valence-corrected chi connectivity index (χ4v) is 4.85. The van der Waals surface area contributed by atoms with E-state index >= 15 is 0 Å². The third-order valence-electron chi connectivity index (χ3n) is 5.97. The highest BCUT2D eigenvalue weighted by atomic mass is 16.5. The van der Waals surface area contributed by atoms with Gasteiger partial charge in [-0.25, -0.2) is 0 Å². The lowest BCUT2D eigenvalue weighted by Crippen LogP contribution is -2.41. The predicted octanol–water partition coefficient (Wildman–Crippen LogP) is 3.17. The summed E-state index contributed by atoms with van der Waals surface area (Å²) < 4.78 is 11.1. The first kappa shape index (κ1) is 19.2. The van der Waals surface area contributed by atoms with Crippen LogP contribution in [-0.2, 0) is 19.1 Å². The first-order chi connectivity index (χ1) is 12.3. The Kier molecular flexibility index (Phi) is 5.86. The molecule has 1 N–H and O–H groups in total. The molecule has 0 spiro atoms. The molecule has 5 heteroatoms. The fourth-order valence-electron chi connectivity index (χ4n) is 4.85. The highest BCUT2D eigenvalue weighted by Crippen LogP contribution is 2.45. The number of aliphatic hydroxyl groups is 1. The smallest absolute Gasteiger partial charge is 0.308 e. The Morgan fingerprint density at radius 3 is 2.77 bits per heavy atom. The SMILES string of the molecule is CC(=O)O[C@H]1C[C@@H](C)C=C2C=C[C@H](C)[C@H](CC[C@@H]3C[C@@H](O)CC(=O)O3)C21. The van der Waals surface area contributed by atoms with Crippen molar-refractivity contribution in [1.82, 2.24) is 0 Å². The molecule has 0 bridgehead atoms. The normalized spacial score (nSPS) is 39.6. The number of fused-ring (bicyclic) bond motifs is 1. The lowest BCUT2D eigenvalue weighted by Gasteiger charge is -2.43. The van der Waals surface area contributed by atoms with Crippen LogP contribution in [-0.4, -0.2) is 35.4 Å². The zero-order valence-electron chi connectivity index (χ0n) is 15.9. The molecule has 3 rings (SSSR count). The summed E-state index contributed by atoms with van der Waals surface area (Å²) in [7, 11) is 0. The van der Waals surface area contributed by atoms with Crippen LogP contribution in [0.15, 0.2) is 23.8 Å². The van der Waals surface area contributed by atoms with Crippen LogP contribution >= 0.6 is 0 Å². The van der Waals surface area contributed by atoms with Crippen molar-refractivity contribution in [3.8, 4) is 0 Å². The summed E-state index contributed by atoms with van der Waals surface area (Å²) >= 11 is 0. The molecule has 0 aromatic rings. The van der Waals surface area contributed by atoms with Crippen molar-refractivity contribution in [3.63, 3.8) is 0 Å². The van der Waals surface area contributed by atoms with Gasteiger partial charge in [0.05, 0.1) is 12.5 Å². The summed E-state index contributed by atoms with van der Waals surface area (Å²) in [6, 6.07) is 0. The molecule has 3 aliphatic rings. The van der Waals surface area contributed by atoms with E-state index in [0.29, 0.717) is 24.2 Å². The summed E-state index contributed by atoms with van der Waals surface area (Å²) in [5.41, 5.74) is 1.26. The molecule has 0 amide bonds. The Morgan fingerprint density at radius 1 is 1.31 bits per heavy atom. The Balaban J connectivity index is 1.73. The molecule has 0 aromatic carbocycles. The number of carbonyl (C=O) groups excluding carboxylic acids is 2. The average Bonchev–Trinajstić information content (AvgIpc) is 2.52. The van der Waals surface area contributed by atoms with Crippen molar-refractivity contribution in [2.24, 2.45) is 23.7 Å². The summed E-state index contributed by atoms with van der Waals surface area (Å²) in [5, 5.41) is 9.82. The number of esters is 2. The van der Waals surface area contributed by atoms with Gasteiger partial charge in [0.15, 0.2) is 0 Å².